The van der Waals surface area contributed by atoms with Gasteiger partial charge in [-0.05, 0) is 32.6 Å². The summed E-state index contributed by atoms with van der Waals surface area (Å²) < 4.78 is 5.75. The highest BCUT2D eigenvalue weighted by Crippen LogP contribution is 2.21. The van der Waals surface area contributed by atoms with Crippen LogP contribution < -0.4 is 10.6 Å². The standard InChI is InChI=1S/C15H26N4O/c1-4-7-13-18-14(16-3)11(2)15(19-13)17-10-12-8-5-6-9-20-12/h12H,4-10H2,1-3H3,(H2,16,17,18,19). The second-order valence-corrected chi connectivity index (χ2v) is 5.33. The first-order valence-electron chi connectivity index (χ1n) is 7.65. The van der Waals surface area contributed by atoms with Gasteiger partial charge in [0.15, 0.2) is 0 Å². The molecule has 1 aromatic rings. The van der Waals surface area contributed by atoms with Crippen molar-refractivity contribution in [2.45, 2.75) is 52.1 Å². The van der Waals surface area contributed by atoms with Crippen LogP contribution in [-0.2, 0) is 11.2 Å². The first-order valence-corrected chi connectivity index (χ1v) is 7.65. The van der Waals surface area contributed by atoms with Crippen LogP contribution in [0, 0.1) is 6.92 Å². The fourth-order valence-electron chi connectivity index (χ4n) is 2.49. The summed E-state index contributed by atoms with van der Waals surface area (Å²) in [5.41, 5.74) is 1.07. The summed E-state index contributed by atoms with van der Waals surface area (Å²) >= 11 is 0. The maximum Gasteiger partial charge on any atom is 0.134 e. The van der Waals surface area contributed by atoms with Crippen LogP contribution in [0.25, 0.3) is 0 Å². The summed E-state index contributed by atoms with van der Waals surface area (Å²) in [6.07, 6.45) is 5.86. The molecule has 5 nitrogen and oxygen atoms in total. The highest BCUT2D eigenvalue weighted by Gasteiger charge is 2.15. The molecule has 0 saturated carbocycles. The maximum absolute atomic E-state index is 5.75. The molecule has 0 radical (unpaired) electrons. The SMILES string of the molecule is CCCc1nc(NC)c(C)c(NCC2CCCCO2)n1. The smallest absolute Gasteiger partial charge is 0.134 e. The van der Waals surface area contributed by atoms with E-state index in [0.717, 1.165) is 55.4 Å². The van der Waals surface area contributed by atoms with Crippen molar-refractivity contribution in [1.29, 1.82) is 0 Å². The van der Waals surface area contributed by atoms with Gasteiger partial charge in [-0.15, -0.1) is 0 Å². The Bertz CT molecular complexity index is 430. The number of aryl methyl sites for hydroxylation is 1. The number of anilines is 2. The lowest BCUT2D eigenvalue weighted by molar-refractivity contribution is 0.0247. The van der Waals surface area contributed by atoms with Gasteiger partial charge in [0.05, 0.1) is 6.10 Å². The third-order valence-electron chi connectivity index (χ3n) is 3.67. The fraction of sp³-hybridized carbons (Fsp3) is 0.733. The first-order chi connectivity index (χ1) is 9.74. The molecule has 1 saturated heterocycles. The Balaban J connectivity index is 2.06. The molecule has 1 aliphatic rings. The molecule has 5 heteroatoms. The van der Waals surface area contributed by atoms with Crippen LogP contribution in [0.5, 0.6) is 0 Å². The molecule has 112 valence electrons. The van der Waals surface area contributed by atoms with Crippen LogP contribution in [0.15, 0.2) is 0 Å². The first kappa shape index (κ1) is 15.0. The molecule has 1 atom stereocenters. The zero-order chi connectivity index (χ0) is 14.4. The normalized spacial score (nSPS) is 18.9. The molecule has 0 amide bonds. The molecule has 2 N–H and O–H groups in total. The topological polar surface area (TPSA) is 59.1 Å². The molecule has 1 fully saturated rings. The van der Waals surface area contributed by atoms with Gasteiger partial charge in [0.1, 0.15) is 17.5 Å². The van der Waals surface area contributed by atoms with Crippen molar-refractivity contribution < 1.29 is 4.74 Å². The predicted octanol–water partition coefficient (Wildman–Crippen LogP) is 2.76. The monoisotopic (exact) mass is 278 g/mol. The minimum Gasteiger partial charge on any atom is -0.376 e. The molecular weight excluding hydrogens is 252 g/mol. The largest absolute Gasteiger partial charge is 0.376 e. The summed E-state index contributed by atoms with van der Waals surface area (Å²) in [5.74, 6) is 2.74. The van der Waals surface area contributed by atoms with Crippen LogP contribution in [0.4, 0.5) is 11.6 Å². The number of hydrogen-bond donors (Lipinski definition) is 2. The second-order valence-electron chi connectivity index (χ2n) is 5.33. The summed E-state index contributed by atoms with van der Waals surface area (Å²) in [7, 11) is 1.90. The molecular formula is C15H26N4O. The number of ether oxygens (including phenoxy) is 1. The average molecular weight is 278 g/mol. The molecule has 20 heavy (non-hydrogen) atoms. The Hall–Kier alpha value is -1.36. The van der Waals surface area contributed by atoms with E-state index in [-0.39, 0.29) is 0 Å². The summed E-state index contributed by atoms with van der Waals surface area (Å²) in [6.45, 7) is 5.90. The van der Waals surface area contributed by atoms with Gasteiger partial charge in [-0.1, -0.05) is 6.92 Å². The van der Waals surface area contributed by atoms with Crippen molar-refractivity contribution in [1.82, 2.24) is 9.97 Å². The van der Waals surface area contributed by atoms with Gasteiger partial charge in [-0.3, -0.25) is 0 Å². The van der Waals surface area contributed by atoms with E-state index in [1.165, 1.54) is 12.8 Å². The van der Waals surface area contributed by atoms with E-state index >= 15 is 0 Å². The Labute approximate surface area is 121 Å². The van der Waals surface area contributed by atoms with Crippen molar-refractivity contribution in [3.8, 4) is 0 Å². The van der Waals surface area contributed by atoms with Crippen LogP contribution in [0.2, 0.25) is 0 Å². The molecule has 0 aromatic carbocycles. The summed E-state index contributed by atoms with van der Waals surface area (Å²) in [6, 6.07) is 0. The van der Waals surface area contributed by atoms with Crippen molar-refractivity contribution in [2.75, 3.05) is 30.8 Å². The molecule has 0 aliphatic carbocycles. The van der Waals surface area contributed by atoms with Crippen molar-refractivity contribution in [3.05, 3.63) is 11.4 Å². The van der Waals surface area contributed by atoms with E-state index in [4.69, 9.17) is 4.74 Å². The van der Waals surface area contributed by atoms with Crippen LogP contribution in [-0.4, -0.2) is 36.3 Å². The van der Waals surface area contributed by atoms with Gasteiger partial charge < -0.3 is 15.4 Å². The van der Waals surface area contributed by atoms with E-state index in [1.807, 2.05) is 14.0 Å². The summed E-state index contributed by atoms with van der Waals surface area (Å²) in [5, 5.41) is 6.59. The van der Waals surface area contributed by atoms with Gasteiger partial charge in [0.25, 0.3) is 0 Å². The number of nitrogens with one attached hydrogen (secondary N) is 2. The van der Waals surface area contributed by atoms with Crippen molar-refractivity contribution in [2.24, 2.45) is 0 Å². The molecule has 2 heterocycles. The molecule has 1 aromatic heterocycles. The van der Waals surface area contributed by atoms with Crippen LogP contribution in [0.1, 0.15) is 44.0 Å². The minimum absolute atomic E-state index is 0.311. The van der Waals surface area contributed by atoms with E-state index in [1.54, 1.807) is 0 Å². The molecule has 1 aliphatic heterocycles. The number of nitrogens with zero attached hydrogens (tertiary/aromatic N) is 2. The van der Waals surface area contributed by atoms with Crippen LogP contribution >= 0.6 is 0 Å². The van der Waals surface area contributed by atoms with Crippen molar-refractivity contribution in [3.63, 3.8) is 0 Å². The highest BCUT2D eigenvalue weighted by molar-refractivity contribution is 5.57. The quantitative estimate of drug-likeness (QED) is 0.838. The van der Waals surface area contributed by atoms with E-state index in [9.17, 15) is 0 Å². The average Bonchev–Trinajstić information content (AvgIpc) is 2.48. The van der Waals surface area contributed by atoms with E-state index in [2.05, 4.69) is 27.5 Å². The Morgan fingerprint density at radius 2 is 2.05 bits per heavy atom. The minimum atomic E-state index is 0.311. The van der Waals surface area contributed by atoms with Gasteiger partial charge in [-0.2, -0.15) is 0 Å². The molecule has 1 unspecified atom stereocenters. The Morgan fingerprint density at radius 3 is 2.70 bits per heavy atom. The van der Waals surface area contributed by atoms with E-state index in [0.29, 0.717) is 6.10 Å². The third-order valence-corrected chi connectivity index (χ3v) is 3.67. The third kappa shape index (κ3) is 3.82. The Kier molecular flexibility index (Phi) is 5.59. The zero-order valence-electron chi connectivity index (χ0n) is 12.8. The van der Waals surface area contributed by atoms with Crippen molar-refractivity contribution >= 4 is 11.6 Å². The fourth-order valence-corrected chi connectivity index (χ4v) is 2.49. The lowest BCUT2D eigenvalue weighted by Crippen LogP contribution is -2.27. The van der Waals surface area contributed by atoms with Gasteiger partial charge in [0.2, 0.25) is 0 Å². The number of aromatic nitrogens is 2. The zero-order valence-corrected chi connectivity index (χ0v) is 12.8. The van der Waals surface area contributed by atoms with Crippen LogP contribution in [0.3, 0.4) is 0 Å². The molecule has 0 bridgehead atoms. The lowest BCUT2D eigenvalue weighted by Gasteiger charge is -2.23. The van der Waals surface area contributed by atoms with Gasteiger partial charge >= 0.3 is 0 Å². The second kappa shape index (κ2) is 7.43. The highest BCUT2D eigenvalue weighted by atomic mass is 16.5. The van der Waals surface area contributed by atoms with Gasteiger partial charge in [-0.25, -0.2) is 9.97 Å². The number of rotatable bonds is 6. The van der Waals surface area contributed by atoms with Gasteiger partial charge in [0, 0.05) is 32.2 Å². The molecule has 0 spiro atoms. The molecule has 2 rings (SSSR count). The Morgan fingerprint density at radius 1 is 1.25 bits per heavy atom. The predicted molar refractivity (Wildman–Crippen MR) is 82.4 cm³/mol. The summed E-state index contributed by atoms with van der Waals surface area (Å²) in [4.78, 5) is 9.18. The number of hydrogen-bond acceptors (Lipinski definition) is 5. The lowest BCUT2D eigenvalue weighted by atomic mass is 10.1. The maximum atomic E-state index is 5.75. The van der Waals surface area contributed by atoms with E-state index < -0.39 is 0 Å².